The molecule has 0 atom stereocenters. The van der Waals surface area contributed by atoms with E-state index in [-0.39, 0.29) is 0 Å². The lowest BCUT2D eigenvalue weighted by Crippen LogP contribution is -2.04. The van der Waals surface area contributed by atoms with E-state index in [0.717, 1.165) is 5.56 Å². The van der Waals surface area contributed by atoms with Crippen LogP contribution >= 0.6 is 11.6 Å². The highest BCUT2D eigenvalue weighted by Crippen LogP contribution is 2.31. The van der Waals surface area contributed by atoms with Crippen LogP contribution in [0.5, 0.6) is 17.2 Å². The zero-order valence-electron chi connectivity index (χ0n) is 13.1. The van der Waals surface area contributed by atoms with Gasteiger partial charge in [-0.25, -0.2) is 4.79 Å². The van der Waals surface area contributed by atoms with Crippen molar-refractivity contribution in [1.29, 1.82) is 0 Å². The summed E-state index contributed by atoms with van der Waals surface area (Å²) in [6, 6.07) is 10.6. The molecule has 4 nitrogen and oxygen atoms in total. The van der Waals surface area contributed by atoms with Crippen LogP contribution < -0.4 is 14.2 Å². The quantitative estimate of drug-likeness (QED) is 0.465. The van der Waals surface area contributed by atoms with E-state index in [0.29, 0.717) is 27.8 Å². The van der Waals surface area contributed by atoms with Gasteiger partial charge in [-0.2, -0.15) is 0 Å². The van der Waals surface area contributed by atoms with E-state index in [1.54, 1.807) is 38.5 Å². The summed E-state index contributed by atoms with van der Waals surface area (Å²) in [6.07, 6.45) is 2.92. The highest BCUT2D eigenvalue weighted by Gasteiger charge is 2.09. The molecule has 0 unspecified atom stereocenters. The van der Waals surface area contributed by atoms with Crippen molar-refractivity contribution in [2.45, 2.75) is 6.92 Å². The molecular weight excluding hydrogens is 316 g/mol. The molecule has 0 radical (unpaired) electrons. The Morgan fingerprint density at radius 3 is 2.57 bits per heavy atom. The van der Waals surface area contributed by atoms with Gasteiger partial charge in [-0.15, -0.1) is 0 Å². The zero-order chi connectivity index (χ0) is 16.8. The predicted molar refractivity (Wildman–Crippen MR) is 90.4 cm³/mol. The number of hydrogen-bond donors (Lipinski definition) is 0. The molecule has 0 saturated carbocycles. The predicted octanol–water partition coefficient (Wildman–Crippen LogP) is 4.28. The first-order valence-electron chi connectivity index (χ1n) is 6.92. The van der Waals surface area contributed by atoms with E-state index in [1.807, 2.05) is 25.1 Å². The van der Waals surface area contributed by atoms with Gasteiger partial charge in [-0.05, 0) is 36.8 Å². The summed E-state index contributed by atoms with van der Waals surface area (Å²) in [6.45, 7) is 1.89. The molecule has 0 saturated heterocycles. The molecule has 0 N–H and O–H groups in total. The van der Waals surface area contributed by atoms with Crippen molar-refractivity contribution in [2.75, 3.05) is 14.2 Å². The Morgan fingerprint density at radius 1 is 1.09 bits per heavy atom. The highest BCUT2D eigenvalue weighted by molar-refractivity contribution is 6.32. The molecule has 0 aliphatic heterocycles. The molecule has 23 heavy (non-hydrogen) atoms. The van der Waals surface area contributed by atoms with Crippen LogP contribution in [0.2, 0.25) is 5.02 Å². The normalized spacial score (nSPS) is 10.6. The lowest BCUT2D eigenvalue weighted by Gasteiger charge is -2.09. The second-order valence-corrected chi connectivity index (χ2v) is 5.18. The third-order valence-corrected chi connectivity index (χ3v) is 3.44. The van der Waals surface area contributed by atoms with E-state index in [9.17, 15) is 4.79 Å². The first-order valence-corrected chi connectivity index (χ1v) is 7.30. The Bertz CT molecular complexity index is 738. The Labute approximate surface area is 140 Å². The van der Waals surface area contributed by atoms with Crippen LogP contribution in [-0.2, 0) is 4.79 Å². The van der Waals surface area contributed by atoms with Gasteiger partial charge in [0, 0.05) is 11.6 Å². The first-order chi connectivity index (χ1) is 11.0. The number of hydrogen-bond acceptors (Lipinski definition) is 4. The zero-order valence-corrected chi connectivity index (χ0v) is 13.9. The Kier molecular flexibility index (Phi) is 5.66. The summed E-state index contributed by atoms with van der Waals surface area (Å²) in [7, 11) is 3.10. The van der Waals surface area contributed by atoms with Crippen molar-refractivity contribution in [3.05, 3.63) is 58.6 Å². The molecule has 0 fully saturated rings. The standard InChI is InChI=1S/C18H17ClO4/c1-12-7-9-14(19)16(11-12)23-17(20)10-8-13-5-4-6-15(21-2)18(13)22-3/h4-11H,1-3H3/b10-8+. The van der Waals surface area contributed by atoms with Crippen LogP contribution in [-0.4, -0.2) is 20.2 Å². The summed E-state index contributed by atoms with van der Waals surface area (Å²) in [5.74, 6) is 0.943. The molecule has 0 aliphatic rings. The van der Waals surface area contributed by atoms with Crippen molar-refractivity contribution < 1.29 is 19.0 Å². The number of carbonyl (C=O) groups is 1. The minimum atomic E-state index is -0.526. The van der Waals surface area contributed by atoms with Gasteiger partial charge in [-0.3, -0.25) is 0 Å². The highest BCUT2D eigenvalue weighted by atomic mass is 35.5. The fourth-order valence-corrected chi connectivity index (χ4v) is 2.19. The second kappa shape index (κ2) is 7.70. The lowest BCUT2D eigenvalue weighted by atomic mass is 10.1. The van der Waals surface area contributed by atoms with E-state index < -0.39 is 5.97 Å². The molecule has 2 aromatic rings. The Hall–Kier alpha value is -2.46. The number of esters is 1. The number of aryl methyl sites for hydroxylation is 1. The van der Waals surface area contributed by atoms with Gasteiger partial charge >= 0.3 is 5.97 Å². The summed E-state index contributed by atoms with van der Waals surface area (Å²) >= 11 is 6.01. The second-order valence-electron chi connectivity index (χ2n) is 4.77. The monoisotopic (exact) mass is 332 g/mol. The van der Waals surface area contributed by atoms with Crippen molar-refractivity contribution in [3.8, 4) is 17.2 Å². The minimum absolute atomic E-state index is 0.332. The van der Waals surface area contributed by atoms with Crippen LogP contribution in [0, 0.1) is 6.92 Å². The minimum Gasteiger partial charge on any atom is -0.493 e. The molecule has 5 heteroatoms. The van der Waals surface area contributed by atoms with Crippen molar-refractivity contribution >= 4 is 23.6 Å². The van der Waals surface area contributed by atoms with Crippen LogP contribution in [0.15, 0.2) is 42.5 Å². The maximum atomic E-state index is 12.0. The molecule has 0 aliphatic carbocycles. The fraction of sp³-hybridized carbons (Fsp3) is 0.167. The molecule has 2 aromatic carbocycles. The number of benzene rings is 2. The van der Waals surface area contributed by atoms with Gasteiger partial charge in [0.15, 0.2) is 11.5 Å². The van der Waals surface area contributed by atoms with E-state index >= 15 is 0 Å². The lowest BCUT2D eigenvalue weighted by molar-refractivity contribution is -0.128. The van der Waals surface area contributed by atoms with Gasteiger partial charge in [-0.1, -0.05) is 29.8 Å². The number of halogens is 1. The summed E-state index contributed by atoms with van der Waals surface area (Å²) in [4.78, 5) is 12.0. The summed E-state index contributed by atoms with van der Waals surface area (Å²) in [5.41, 5.74) is 1.66. The number of rotatable bonds is 5. The van der Waals surface area contributed by atoms with Crippen LogP contribution in [0.25, 0.3) is 6.08 Å². The number of methoxy groups -OCH3 is 2. The molecule has 2 rings (SSSR count). The average Bonchev–Trinajstić information content (AvgIpc) is 2.55. The first kappa shape index (κ1) is 16.9. The van der Waals surface area contributed by atoms with Gasteiger partial charge in [0.1, 0.15) is 5.75 Å². The van der Waals surface area contributed by atoms with Crippen molar-refractivity contribution in [3.63, 3.8) is 0 Å². The molecule has 0 bridgehead atoms. The van der Waals surface area contributed by atoms with E-state index in [2.05, 4.69) is 0 Å². The third kappa shape index (κ3) is 4.27. The molecule has 120 valence electrons. The topological polar surface area (TPSA) is 44.8 Å². The average molecular weight is 333 g/mol. The molecule has 0 heterocycles. The Morgan fingerprint density at radius 2 is 1.87 bits per heavy atom. The number of ether oxygens (including phenoxy) is 3. The van der Waals surface area contributed by atoms with E-state index in [1.165, 1.54) is 6.08 Å². The maximum absolute atomic E-state index is 12.0. The van der Waals surface area contributed by atoms with Gasteiger partial charge in [0.2, 0.25) is 0 Å². The molecule has 0 spiro atoms. The third-order valence-electron chi connectivity index (χ3n) is 3.13. The van der Waals surface area contributed by atoms with Gasteiger partial charge < -0.3 is 14.2 Å². The fourth-order valence-electron chi connectivity index (χ4n) is 2.03. The van der Waals surface area contributed by atoms with Crippen molar-refractivity contribution in [1.82, 2.24) is 0 Å². The van der Waals surface area contributed by atoms with Gasteiger partial charge in [0.05, 0.1) is 19.2 Å². The number of carbonyl (C=O) groups excluding carboxylic acids is 1. The maximum Gasteiger partial charge on any atom is 0.336 e. The van der Waals surface area contributed by atoms with Crippen LogP contribution in [0.4, 0.5) is 0 Å². The smallest absolute Gasteiger partial charge is 0.336 e. The van der Waals surface area contributed by atoms with E-state index in [4.69, 9.17) is 25.8 Å². The summed E-state index contributed by atoms with van der Waals surface area (Å²) < 4.78 is 15.8. The molecule has 0 aromatic heterocycles. The van der Waals surface area contributed by atoms with Crippen LogP contribution in [0.3, 0.4) is 0 Å². The Balaban J connectivity index is 2.17. The molecule has 0 amide bonds. The SMILES string of the molecule is COc1cccc(/C=C/C(=O)Oc2cc(C)ccc2Cl)c1OC. The molecular formula is C18H17ClO4. The van der Waals surface area contributed by atoms with Crippen molar-refractivity contribution in [2.24, 2.45) is 0 Å². The van der Waals surface area contributed by atoms with Gasteiger partial charge in [0.25, 0.3) is 0 Å². The summed E-state index contributed by atoms with van der Waals surface area (Å²) in [5, 5.41) is 0.385. The number of para-hydroxylation sites is 1. The largest absolute Gasteiger partial charge is 0.493 e. The van der Waals surface area contributed by atoms with Crippen LogP contribution in [0.1, 0.15) is 11.1 Å².